The Balaban J connectivity index is 1.45. The van der Waals surface area contributed by atoms with Crippen molar-refractivity contribution in [3.05, 3.63) is 53.1 Å². The molecule has 2 aliphatic rings. The summed E-state index contributed by atoms with van der Waals surface area (Å²) in [6.45, 7) is 12.2. The largest absolute Gasteiger partial charge is 0.493 e. The molecule has 1 N–H and O–H groups in total. The van der Waals surface area contributed by atoms with Crippen LogP contribution in [0.3, 0.4) is 0 Å². The Bertz CT molecular complexity index is 1140. The topological polar surface area (TPSA) is 96.9 Å². The molecule has 1 aromatic heterocycles. The Labute approximate surface area is 238 Å². The Kier molecular flexibility index (Phi) is 10.5. The van der Waals surface area contributed by atoms with Gasteiger partial charge in [-0.05, 0) is 69.6 Å². The summed E-state index contributed by atoms with van der Waals surface area (Å²) < 4.78 is 11.2. The quantitative estimate of drug-likeness (QED) is 0.357. The van der Waals surface area contributed by atoms with Crippen LogP contribution in [0.4, 0.5) is 0 Å². The first-order valence-electron chi connectivity index (χ1n) is 14.7. The molecule has 2 amide bonds. The molecule has 0 spiro atoms. The summed E-state index contributed by atoms with van der Waals surface area (Å²) in [7, 11) is 1.68. The number of aromatic nitrogens is 2. The molecule has 1 aliphatic heterocycles. The zero-order valence-corrected chi connectivity index (χ0v) is 24.7. The van der Waals surface area contributed by atoms with Crippen LogP contribution in [0.5, 0.6) is 5.75 Å². The minimum atomic E-state index is -0.0496. The van der Waals surface area contributed by atoms with Crippen molar-refractivity contribution < 1.29 is 19.1 Å². The third kappa shape index (κ3) is 7.57. The average molecular weight is 552 g/mol. The van der Waals surface area contributed by atoms with E-state index in [4.69, 9.17) is 9.47 Å². The van der Waals surface area contributed by atoms with Gasteiger partial charge in [0.05, 0.1) is 18.5 Å². The van der Waals surface area contributed by atoms with Gasteiger partial charge in [-0.2, -0.15) is 0 Å². The first-order valence-corrected chi connectivity index (χ1v) is 14.7. The second kappa shape index (κ2) is 14.0. The molecule has 1 aromatic carbocycles. The van der Waals surface area contributed by atoms with Gasteiger partial charge in [0.15, 0.2) is 0 Å². The summed E-state index contributed by atoms with van der Waals surface area (Å²) in [5.74, 6) is 1.22. The number of nitrogens with one attached hydrogen (secondary N) is 1. The van der Waals surface area contributed by atoms with Crippen LogP contribution >= 0.6 is 0 Å². The smallest absolute Gasteiger partial charge is 0.274 e. The maximum Gasteiger partial charge on any atom is 0.274 e. The van der Waals surface area contributed by atoms with E-state index in [2.05, 4.69) is 36.1 Å². The van der Waals surface area contributed by atoms with Crippen molar-refractivity contribution in [3.8, 4) is 5.75 Å². The fraction of sp³-hybridized carbons (Fsp3) is 0.613. The number of carbonyl (C=O) groups is 2. The van der Waals surface area contributed by atoms with E-state index in [0.717, 1.165) is 55.8 Å². The average Bonchev–Trinajstić information content (AvgIpc) is 3.70. The highest BCUT2D eigenvalue weighted by molar-refractivity contribution is 5.95. The molecule has 2 atom stereocenters. The SMILES string of the molecule is CCc1ccc(C(=O)N(C[C@@H]2CNC[C@H]2CN(C(=O)c2cnc(C)cn2)C2CC2)C(C)C)cc1OCCCOC. The lowest BCUT2D eigenvalue weighted by Crippen LogP contribution is -2.45. The molecule has 9 heteroatoms. The minimum absolute atomic E-state index is 0.00935. The number of methoxy groups -OCH3 is 1. The van der Waals surface area contributed by atoms with E-state index in [9.17, 15) is 9.59 Å². The fourth-order valence-electron chi connectivity index (χ4n) is 5.35. The second-order valence-corrected chi connectivity index (χ2v) is 11.3. The van der Waals surface area contributed by atoms with Crippen LogP contribution < -0.4 is 10.1 Å². The maximum atomic E-state index is 13.8. The van der Waals surface area contributed by atoms with E-state index in [-0.39, 0.29) is 35.7 Å². The molecule has 9 nitrogen and oxygen atoms in total. The van der Waals surface area contributed by atoms with Gasteiger partial charge >= 0.3 is 0 Å². The predicted octanol–water partition coefficient (Wildman–Crippen LogP) is 3.75. The standard InChI is InChI=1S/C31H45N5O4/c1-6-23-8-9-24(14-29(23)40-13-7-12-39-5)30(37)35(21(2)3)19-25-16-32-17-26(25)20-36(27-10-11-27)31(38)28-18-33-22(4)15-34-28/h8-9,14-15,18,21,25-27,32H,6-7,10-13,16-17,19-20H2,1-5H3/t25-,26-/m0/s1. The number of aryl methyl sites for hydroxylation is 2. The summed E-state index contributed by atoms with van der Waals surface area (Å²) in [6, 6.07) is 6.11. The summed E-state index contributed by atoms with van der Waals surface area (Å²) >= 11 is 0. The highest BCUT2D eigenvalue weighted by Gasteiger charge is 2.39. The Morgan fingerprint density at radius 1 is 1.05 bits per heavy atom. The first kappa shape index (κ1) is 29.9. The maximum absolute atomic E-state index is 13.8. The summed E-state index contributed by atoms with van der Waals surface area (Å²) in [5.41, 5.74) is 2.92. The van der Waals surface area contributed by atoms with Crippen molar-refractivity contribution in [1.29, 1.82) is 0 Å². The molecule has 4 rings (SSSR count). The number of benzene rings is 1. The predicted molar refractivity (Wildman–Crippen MR) is 155 cm³/mol. The van der Waals surface area contributed by atoms with Crippen LogP contribution in [-0.4, -0.2) is 90.2 Å². The van der Waals surface area contributed by atoms with Gasteiger partial charge in [0.2, 0.25) is 0 Å². The van der Waals surface area contributed by atoms with E-state index in [1.165, 1.54) is 0 Å². The molecular weight excluding hydrogens is 506 g/mol. The lowest BCUT2D eigenvalue weighted by molar-refractivity contribution is 0.0611. The Morgan fingerprint density at radius 2 is 1.80 bits per heavy atom. The van der Waals surface area contributed by atoms with Crippen LogP contribution in [0.25, 0.3) is 0 Å². The number of nitrogens with zero attached hydrogens (tertiary/aromatic N) is 4. The Hall–Kier alpha value is -3.04. The number of ether oxygens (including phenoxy) is 2. The van der Waals surface area contributed by atoms with Gasteiger partial charge < -0.3 is 24.6 Å². The third-order valence-corrected chi connectivity index (χ3v) is 7.92. The number of hydrogen-bond acceptors (Lipinski definition) is 7. The van der Waals surface area contributed by atoms with Crippen molar-refractivity contribution in [2.75, 3.05) is 46.5 Å². The van der Waals surface area contributed by atoms with E-state index in [1.54, 1.807) is 19.5 Å². The monoisotopic (exact) mass is 551 g/mol. The molecule has 0 unspecified atom stereocenters. The van der Waals surface area contributed by atoms with Crippen LogP contribution in [0.2, 0.25) is 0 Å². The van der Waals surface area contributed by atoms with Gasteiger partial charge in [-0.15, -0.1) is 0 Å². The summed E-state index contributed by atoms with van der Waals surface area (Å²) in [5, 5.41) is 3.52. The van der Waals surface area contributed by atoms with Gasteiger partial charge in [-0.25, -0.2) is 4.98 Å². The van der Waals surface area contributed by atoms with Crippen molar-refractivity contribution in [1.82, 2.24) is 25.1 Å². The third-order valence-electron chi connectivity index (χ3n) is 7.92. The number of rotatable bonds is 14. The van der Waals surface area contributed by atoms with Gasteiger partial charge in [0, 0.05) is 70.2 Å². The lowest BCUT2D eigenvalue weighted by atomic mass is 9.93. The number of amides is 2. The van der Waals surface area contributed by atoms with Crippen LogP contribution in [-0.2, 0) is 11.2 Å². The highest BCUT2D eigenvalue weighted by atomic mass is 16.5. The van der Waals surface area contributed by atoms with E-state index in [0.29, 0.717) is 37.6 Å². The van der Waals surface area contributed by atoms with Crippen LogP contribution in [0.15, 0.2) is 30.6 Å². The minimum Gasteiger partial charge on any atom is -0.493 e. The summed E-state index contributed by atoms with van der Waals surface area (Å²) in [4.78, 5) is 39.8. The molecule has 0 radical (unpaired) electrons. The number of hydrogen-bond donors (Lipinski definition) is 1. The normalized spacial score (nSPS) is 18.6. The number of carbonyl (C=O) groups excluding carboxylic acids is 2. The highest BCUT2D eigenvalue weighted by Crippen LogP contribution is 2.31. The van der Waals surface area contributed by atoms with Crippen molar-refractivity contribution >= 4 is 11.8 Å². The van der Waals surface area contributed by atoms with Gasteiger partial charge in [0.1, 0.15) is 11.4 Å². The Morgan fingerprint density at radius 3 is 2.42 bits per heavy atom. The molecule has 2 aromatic rings. The molecule has 0 bridgehead atoms. The molecule has 40 heavy (non-hydrogen) atoms. The lowest BCUT2D eigenvalue weighted by Gasteiger charge is -2.33. The van der Waals surface area contributed by atoms with Gasteiger partial charge in [0.25, 0.3) is 11.8 Å². The molecule has 2 heterocycles. The first-order chi connectivity index (χ1) is 19.3. The van der Waals surface area contributed by atoms with Gasteiger partial charge in [-0.3, -0.25) is 14.6 Å². The van der Waals surface area contributed by atoms with Crippen molar-refractivity contribution in [3.63, 3.8) is 0 Å². The van der Waals surface area contributed by atoms with Crippen LogP contribution in [0, 0.1) is 18.8 Å². The fourth-order valence-corrected chi connectivity index (χ4v) is 5.35. The molecule has 2 fully saturated rings. The molecule has 1 saturated heterocycles. The van der Waals surface area contributed by atoms with Crippen molar-refractivity contribution in [2.45, 2.75) is 65.5 Å². The zero-order valence-electron chi connectivity index (χ0n) is 24.7. The molecule has 1 aliphatic carbocycles. The van der Waals surface area contributed by atoms with Gasteiger partial charge in [-0.1, -0.05) is 13.0 Å². The zero-order chi connectivity index (χ0) is 28.6. The molecule has 1 saturated carbocycles. The summed E-state index contributed by atoms with van der Waals surface area (Å²) in [6.07, 6.45) is 6.90. The van der Waals surface area contributed by atoms with E-state index < -0.39 is 0 Å². The molecule has 218 valence electrons. The van der Waals surface area contributed by atoms with E-state index >= 15 is 0 Å². The molecular formula is C31H45N5O4. The van der Waals surface area contributed by atoms with Crippen molar-refractivity contribution in [2.24, 2.45) is 11.8 Å². The second-order valence-electron chi connectivity index (χ2n) is 11.3. The van der Waals surface area contributed by atoms with E-state index in [1.807, 2.05) is 34.9 Å². The van der Waals surface area contributed by atoms with Crippen LogP contribution in [0.1, 0.15) is 72.1 Å².